The number of fused-ring (bicyclic) bond motifs is 11. The fourth-order valence-electron chi connectivity index (χ4n) is 6.67. The van der Waals surface area contributed by atoms with Crippen LogP contribution in [-0.4, -0.2) is 0 Å². The Morgan fingerprint density at radius 3 is 1.55 bits per heavy atom. The Hall–Kier alpha value is -2.38. The van der Waals surface area contributed by atoms with Gasteiger partial charge in [-0.15, -0.1) is 11.3 Å². The third kappa shape index (κ3) is 1.86. The van der Waals surface area contributed by atoms with Crippen LogP contribution in [0.25, 0.3) is 20.9 Å². The fraction of sp³-hybridized carbons (Fsp3) is 0.286. The number of benzene rings is 2. The van der Waals surface area contributed by atoms with Crippen molar-refractivity contribution < 1.29 is 0 Å². The highest BCUT2D eigenvalue weighted by molar-refractivity contribution is 7.19. The van der Waals surface area contributed by atoms with Crippen LogP contribution in [-0.2, 0) is 10.8 Å². The van der Waals surface area contributed by atoms with Crippen molar-refractivity contribution in [2.45, 2.75) is 49.4 Å². The molecule has 0 N–H and O–H groups in total. The van der Waals surface area contributed by atoms with E-state index in [4.69, 9.17) is 0 Å². The standard InChI is InChI=1S/C28H24S/c1-7-15-27(16-8-1)21-13-5-3-11-19(21)25-23(27)24-26(29-25)20-12-4-6-14-22(20)28(24)17-9-2-10-18-28/h3-7,9,11-15,17H,1-2,8,10,16,18H2/t27-,28+. The SMILES string of the molecule is C1=C[C@]2(CCC1)c1ccccc1-c1sc3c(c12)[C@@]1(C=CCCC1)c1ccccc1-3. The van der Waals surface area contributed by atoms with Crippen LogP contribution in [0.1, 0.15) is 60.8 Å². The van der Waals surface area contributed by atoms with Gasteiger partial charge in [-0.25, -0.2) is 0 Å². The molecular formula is C28H24S. The summed E-state index contributed by atoms with van der Waals surface area (Å²) in [6, 6.07) is 18.5. The van der Waals surface area contributed by atoms with Crippen LogP contribution < -0.4 is 0 Å². The molecule has 1 aromatic heterocycles. The largest absolute Gasteiger partial charge is 0.135 e. The predicted molar refractivity (Wildman–Crippen MR) is 123 cm³/mol. The van der Waals surface area contributed by atoms with Crippen LogP contribution in [0, 0.1) is 0 Å². The Labute approximate surface area is 176 Å². The quantitative estimate of drug-likeness (QED) is 0.343. The van der Waals surface area contributed by atoms with Gasteiger partial charge >= 0.3 is 0 Å². The first-order chi connectivity index (χ1) is 14.4. The molecule has 0 saturated carbocycles. The summed E-state index contributed by atoms with van der Waals surface area (Å²) in [5.74, 6) is 0. The van der Waals surface area contributed by atoms with Crippen molar-refractivity contribution in [3.8, 4) is 20.9 Å². The lowest BCUT2D eigenvalue weighted by Crippen LogP contribution is -2.31. The van der Waals surface area contributed by atoms with E-state index in [1.54, 1.807) is 32.0 Å². The average Bonchev–Trinajstić information content (AvgIpc) is 3.38. The van der Waals surface area contributed by atoms with Gasteiger partial charge in [0, 0.05) is 20.6 Å². The first-order valence-electron chi connectivity index (χ1n) is 11.1. The summed E-state index contributed by atoms with van der Waals surface area (Å²) in [7, 11) is 0. The van der Waals surface area contributed by atoms with E-state index in [0.717, 1.165) is 0 Å². The third-order valence-corrected chi connectivity index (χ3v) is 9.05. The van der Waals surface area contributed by atoms with Gasteiger partial charge < -0.3 is 0 Å². The molecule has 0 radical (unpaired) electrons. The Kier molecular flexibility index (Phi) is 3.18. The fourth-order valence-corrected chi connectivity index (χ4v) is 8.22. The summed E-state index contributed by atoms with van der Waals surface area (Å²) in [5.41, 5.74) is 9.52. The second-order valence-corrected chi connectivity index (χ2v) is 10.2. The first-order valence-corrected chi connectivity index (χ1v) is 11.9. The highest BCUT2D eigenvalue weighted by Crippen LogP contribution is 2.66. The Morgan fingerprint density at radius 1 is 0.621 bits per heavy atom. The predicted octanol–water partition coefficient (Wildman–Crippen LogP) is 7.76. The lowest BCUT2D eigenvalue weighted by atomic mass is 9.65. The van der Waals surface area contributed by atoms with Crippen molar-refractivity contribution in [1.29, 1.82) is 0 Å². The van der Waals surface area contributed by atoms with E-state index < -0.39 is 0 Å². The minimum absolute atomic E-state index is 0.0780. The zero-order valence-electron chi connectivity index (χ0n) is 16.6. The van der Waals surface area contributed by atoms with Gasteiger partial charge in [-0.3, -0.25) is 0 Å². The molecular weight excluding hydrogens is 368 g/mol. The second-order valence-electron chi connectivity index (χ2n) is 9.13. The third-order valence-electron chi connectivity index (χ3n) is 7.79. The summed E-state index contributed by atoms with van der Waals surface area (Å²) >= 11 is 2.06. The van der Waals surface area contributed by atoms with Gasteiger partial charge in [-0.05, 0) is 71.9 Å². The molecule has 0 nitrogen and oxygen atoms in total. The molecule has 7 rings (SSSR count). The van der Waals surface area contributed by atoms with Crippen molar-refractivity contribution in [2.24, 2.45) is 0 Å². The molecule has 0 unspecified atom stereocenters. The van der Waals surface area contributed by atoms with E-state index in [1.807, 2.05) is 0 Å². The molecule has 1 heteroatoms. The highest BCUT2D eigenvalue weighted by atomic mass is 32.1. The molecule has 0 aliphatic heterocycles. The number of hydrogen-bond acceptors (Lipinski definition) is 1. The maximum Gasteiger partial charge on any atom is 0.0406 e. The molecule has 2 atom stereocenters. The molecule has 4 aliphatic carbocycles. The van der Waals surface area contributed by atoms with Crippen molar-refractivity contribution in [1.82, 2.24) is 0 Å². The van der Waals surface area contributed by atoms with E-state index in [1.165, 1.54) is 49.7 Å². The molecule has 2 aromatic carbocycles. The summed E-state index contributed by atoms with van der Waals surface area (Å²) in [6.07, 6.45) is 17.5. The van der Waals surface area contributed by atoms with E-state index >= 15 is 0 Å². The summed E-state index contributed by atoms with van der Waals surface area (Å²) in [6.45, 7) is 0. The number of thiophene rings is 1. The van der Waals surface area contributed by atoms with Crippen LogP contribution in [0.15, 0.2) is 72.8 Å². The Balaban J connectivity index is 1.63. The maximum absolute atomic E-state index is 2.57. The minimum atomic E-state index is 0.0780. The van der Waals surface area contributed by atoms with Gasteiger partial charge in [-0.1, -0.05) is 72.8 Å². The van der Waals surface area contributed by atoms with Gasteiger partial charge in [-0.2, -0.15) is 0 Å². The smallest absolute Gasteiger partial charge is 0.0406 e. The molecule has 4 aliphatic rings. The number of rotatable bonds is 0. The number of hydrogen-bond donors (Lipinski definition) is 0. The Morgan fingerprint density at radius 2 is 1.10 bits per heavy atom. The Bertz CT molecular complexity index is 1130. The zero-order valence-corrected chi connectivity index (χ0v) is 17.4. The van der Waals surface area contributed by atoms with Crippen LogP contribution in [0.5, 0.6) is 0 Å². The van der Waals surface area contributed by atoms with Gasteiger partial charge in [0.2, 0.25) is 0 Å². The molecule has 142 valence electrons. The van der Waals surface area contributed by atoms with Gasteiger partial charge in [0.05, 0.1) is 0 Å². The summed E-state index contributed by atoms with van der Waals surface area (Å²) in [4.78, 5) is 3.09. The monoisotopic (exact) mass is 392 g/mol. The van der Waals surface area contributed by atoms with E-state index in [9.17, 15) is 0 Å². The molecule has 0 amide bonds. The summed E-state index contributed by atoms with van der Waals surface area (Å²) in [5, 5.41) is 0. The van der Waals surface area contributed by atoms with E-state index in [0.29, 0.717) is 0 Å². The topological polar surface area (TPSA) is 0 Å². The molecule has 0 bridgehead atoms. The normalized spacial score (nSPS) is 27.9. The molecule has 0 fully saturated rings. The van der Waals surface area contributed by atoms with Crippen LogP contribution in [0.2, 0.25) is 0 Å². The second kappa shape index (κ2) is 5.61. The van der Waals surface area contributed by atoms with Crippen molar-refractivity contribution >= 4 is 11.3 Å². The zero-order chi connectivity index (χ0) is 19.1. The minimum Gasteiger partial charge on any atom is -0.135 e. The van der Waals surface area contributed by atoms with E-state index in [2.05, 4.69) is 84.2 Å². The number of allylic oxidation sites excluding steroid dienone is 4. The average molecular weight is 393 g/mol. The maximum atomic E-state index is 2.57. The van der Waals surface area contributed by atoms with Gasteiger partial charge in [0.1, 0.15) is 0 Å². The lowest BCUT2D eigenvalue weighted by Gasteiger charge is -2.37. The highest BCUT2D eigenvalue weighted by Gasteiger charge is 2.53. The molecule has 29 heavy (non-hydrogen) atoms. The van der Waals surface area contributed by atoms with Crippen LogP contribution in [0.4, 0.5) is 0 Å². The van der Waals surface area contributed by atoms with Crippen molar-refractivity contribution in [3.63, 3.8) is 0 Å². The molecule has 1 heterocycles. The van der Waals surface area contributed by atoms with Crippen molar-refractivity contribution in [3.05, 3.63) is 95.1 Å². The van der Waals surface area contributed by atoms with Crippen LogP contribution >= 0.6 is 11.3 Å². The van der Waals surface area contributed by atoms with Gasteiger partial charge in [0.25, 0.3) is 0 Å². The molecule has 2 spiro atoms. The lowest BCUT2D eigenvalue weighted by molar-refractivity contribution is 0.504. The first kappa shape index (κ1) is 16.4. The molecule has 3 aromatic rings. The van der Waals surface area contributed by atoms with Gasteiger partial charge in [0.15, 0.2) is 0 Å². The van der Waals surface area contributed by atoms with E-state index in [-0.39, 0.29) is 10.8 Å². The van der Waals surface area contributed by atoms with Crippen LogP contribution in [0.3, 0.4) is 0 Å². The van der Waals surface area contributed by atoms with Crippen molar-refractivity contribution in [2.75, 3.05) is 0 Å². The summed E-state index contributed by atoms with van der Waals surface area (Å²) < 4.78 is 0. The molecule has 0 saturated heterocycles.